The third kappa shape index (κ3) is 5.01. The number of rotatable bonds is 5. The minimum Gasteiger partial charge on any atom is -0.328 e. The van der Waals surface area contributed by atoms with E-state index in [1.165, 1.54) is 16.8 Å². The summed E-state index contributed by atoms with van der Waals surface area (Å²) in [6.45, 7) is 5.91. The topological polar surface area (TPSA) is 50.9 Å². The van der Waals surface area contributed by atoms with E-state index < -0.39 is 0 Å². The van der Waals surface area contributed by atoms with Crippen LogP contribution in [0.15, 0.2) is 42.7 Å². The first-order chi connectivity index (χ1) is 13.1. The van der Waals surface area contributed by atoms with E-state index in [-0.39, 0.29) is 30.9 Å². The van der Waals surface area contributed by atoms with E-state index in [4.69, 9.17) is 5.10 Å². The second-order valence-corrected chi connectivity index (χ2v) is 7.51. The summed E-state index contributed by atoms with van der Waals surface area (Å²) >= 11 is 0. The number of hydrogen-bond acceptors (Lipinski definition) is 4. The van der Waals surface area contributed by atoms with E-state index >= 15 is 0 Å². The second kappa shape index (κ2) is 10.3. The van der Waals surface area contributed by atoms with Crippen LogP contribution in [0.5, 0.6) is 0 Å². The summed E-state index contributed by atoms with van der Waals surface area (Å²) in [5.41, 5.74) is 4.87. The number of nitrogens with one attached hydrogen (secondary N) is 1. The highest BCUT2D eigenvalue weighted by Gasteiger charge is 2.20. The standard InChI is InChI=1S/C21H28N6.2ClH/c1-16-7-4-5-8-18(16)20(25(2)3)15-26-12-10-23-21(26)19-13-17-14-22-9-6-11-27(17)24-19;;/h4-5,7-8,10,12-13,20,22H,6,9,11,14-15H2,1-3H3;2*1H. The number of imidazole rings is 1. The number of aromatic nitrogens is 4. The highest BCUT2D eigenvalue weighted by Crippen LogP contribution is 2.26. The van der Waals surface area contributed by atoms with Gasteiger partial charge in [-0.1, -0.05) is 24.3 Å². The molecular weight excluding hydrogens is 407 g/mol. The number of hydrogen-bond donors (Lipinski definition) is 1. The predicted molar refractivity (Wildman–Crippen MR) is 122 cm³/mol. The second-order valence-electron chi connectivity index (χ2n) is 7.51. The van der Waals surface area contributed by atoms with Crippen LogP contribution in [0.2, 0.25) is 0 Å². The average Bonchev–Trinajstić information content (AvgIpc) is 3.21. The highest BCUT2D eigenvalue weighted by atomic mass is 35.5. The molecule has 0 saturated heterocycles. The van der Waals surface area contributed by atoms with Crippen LogP contribution in [0.3, 0.4) is 0 Å². The average molecular weight is 437 g/mol. The van der Waals surface area contributed by atoms with Crippen molar-refractivity contribution in [3.05, 3.63) is 59.5 Å². The summed E-state index contributed by atoms with van der Waals surface area (Å²) in [5, 5.41) is 8.29. The number of benzene rings is 1. The Morgan fingerprint density at radius 2 is 2.00 bits per heavy atom. The summed E-state index contributed by atoms with van der Waals surface area (Å²) in [6.07, 6.45) is 5.05. The molecule has 158 valence electrons. The van der Waals surface area contributed by atoms with E-state index in [2.05, 4.69) is 82.0 Å². The Hall–Kier alpha value is -1.86. The lowest BCUT2D eigenvalue weighted by Crippen LogP contribution is -2.25. The Balaban J connectivity index is 0.00000150. The lowest BCUT2D eigenvalue weighted by molar-refractivity contribution is 0.269. The van der Waals surface area contributed by atoms with Crippen molar-refractivity contribution >= 4 is 24.8 Å². The zero-order valence-corrected chi connectivity index (χ0v) is 18.8. The van der Waals surface area contributed by atoms with Gasteiger partial charge in [0, 0.05) is 32.0 Å². The SMILES string of the molecule is Cc1ccccc1C(Cn1ccnc1-c1cc2n(n1)CCCNC2)N(C)C.Cl.Cl. The summed E-state index contributed by atoms with van der Waals surface area (Å²) in [4.78, 5) is 6.91. The molecule has 0 aliphatic carbocycles. The van der Waals surface area contributed by atoms with Crippen molar-refractivity contribution < 1.29 is 0 Å². The molecule has 1 aliphatic heterocycles. The van der Waals surface area contributed by atoms with Crippen molar-refractivity contribution in [1.29, 1.82) is 0 Å². The Morgan fingerprint density at radius 1 is 1.21 bits per heavy atom. The van der Waals surface area contributed by atoms with E-state index in [1.54, 1.807) is 0 Å². The van der Waals surface area contributed by atoms with E-state index in [0.717, 1.165) is 44.1 Å². The van der Waals surface area contributed by atoms with Crippen molar-refractivity contribution in [2.24, 2.45) is 0 Å². The zero-order chi connectivity index (χ0) is 18.8. The van der Waals surface area contributed by atoms with Crippen molar-refractivity contribution in [1.82, 2.24) is 29.5 Å². The maximum Gasteiger partial charge on any atom is 0.160 e. The summed E-state index contributed by atoms with van der Waals surface area (Å²) in [5.74, 6) is 0.941. The van der Waals surface area contributed by atoms with E-state index in [0.29, 0.717) is 0 Å². The number of halogens is 2. The molecule has 6 nitrogen and oxygen atoms in total. The fraction of sp³-hybridized carbons (Fsp3) is 0.429. The van der Waals surface area contributed by atoms with E-state index in [9.17, 15) is 0 Å². The van der Waals surface area contributed by atoms with Crippen LogP contribution in [0.25, 0.3) is 11.5 Å². The van der Waals surface area contributed by atoms with Gasteiger partial charge in [-0.05, 0) is 51.2 Å². The fourth-order valence-electron chi connectivity index (χ4n) is 3.85. The molecule has 2 aromatic heterocycles. The smallest absolute Gasteiger partial charge is 0.160 e. The summed E-state index contributed by atoms with van der Waals surface area (Å²) in [6, 6.07) is 11.1. The zero-order valence-electron chi connectivity index (χ0n) is 17.2. The number of fused-ring (bicyclic) bond motifs is 1. The largest absolute Gasteiger partial charge is 0.328 e. The van der Waals surface area contributed by atoms with Gasteiger partial charge >= 0.3 is 0 Å². The quantitative estimate of drug-likeness (QED) is 0.662. The van der Waals surface area contributed by atoms with Gasteiger partial charge in [0.15, 0.2) is 5.82 Å². The van der Waals surface area contributed by atoms with Gasteiger partial charge in [0.05, 0.1) is 11.7 Å². The molecule has 0 spiro atoms. The van der Waals surface area contributed by atoms with E-state index in [1.807, 2.05) is 6.20 Å². The molecule has 0 amide bonds. The van der Waals surface area contributed by atoms with Crippen molar-refractivity contribution in [2.45, 2.75) is 39.0 Å². The molecular formula is C21H30Cl2N6. The first-order valence-electron chi connectivity index (χ1n) is 9.64. The molecule has 4 rings (SSSR count). The lowest BCUT2D eigenvalue weighted by Gasteiger charge is -2.27. The van der Waals surface area contributed by atoms with Crippen LogP contribution in [0, 0.1) is 6.92 Å². The minimum atomic E-state index is 0. The molecule has 1 N–H and O–H groups in total. The van der Waals surface area contributed by atoms with Gasteiger partial charge in [-0.2, -0.15) is 5.10 Å². The Bertz CT molecular complexity index is 894. The Kier molecular flexibility index (Phi) is 8.28. The van der Waals surface area contributed by atoms with Gasteiger partial charge in [0.1, 0.15) is 5.69 Å². The minimum absolute atomic E-state index is 0. The van der Waals surface area contributed by atoms with Crippen LogP contribution in [0.1, 0.15) is 29.3 Å². The van der Waals surface area contributed by atoms with Crippen LogP contribution in [-0.2, 0) is 19.6 Å². The molecule has 29 heavy (non-hydrogen) atoms. The van der Waals surface area contributed by atoms with Gasteiger partial charge in [0.25, 0.3) is 0 Å². The summed E-state index contributed by atoms with van der Waals surface area (Å²) in [7, 11) is 4.27. The molecule has 3 aromatic rings. The molecule has 1 aliphatic rings. The third-order valence-corrected chi connectivity index (χ3v) is 5.38. The number of aryl methyl sites for hydroxylation is 2. The van der Waals surface area contributed by atoms with Crippen molar-refractivity contribution in [3.8, 4) is 11.5 Å². The van der Waals surface area contributed by atoms with Crippen molar-refractivity contribution in [3.63, 3.8) is 0 Å². The van der Waals surface area contributed by atoms with Gasteiger partial charge in [-0.15, -0.1) is 24.8 Å². The molecule has 1 aromatic carbocycles. The molecule has 1 unspecified atom stereocenters. The molecule has 8 heteroatoms. The molecule has 3 heterocycles. The molecule has 1 atom stereocenters. The van der Waals surface area contributed by atoms with Crippen LogP contribution >= 0.6 is 24.8 Å². The molecule has 0 saturated carbocycles. The van der Waals surface area contributed by atoms with Gasteiger partial charge in [-0.3, -0.25) is 4.68 Å². The Morgan fingerprint density at radius 3 is 2.76 bits per heavy atom. The fourth-order valence-corrected chi connectivity index (χ4v) is 3.85. The van der Waals surface area contributed by atoms with Crippen molar-refractivity contribution in [2.75, 3.05) is 20.6 Å². The number of likely N-dealkylation sites (N-methyl/N-ethyl adjacent to an activating group) is 1. The highest BCUT2D eigenvalue weighted by molar-refractivity contribution is 5.85. The molecule has 0 fully saturated rings. The van der Waals surface area contributed by atoms with Gasteiger partial charge < -0.3 is 14.8 Å². The van der Waals surface area contributed by atoms with Gasteiger partial charge in [-0.25, -0.2) is 4.98 Å². The number of nitrogens with zero attached hydrogens (tertiary/aromatic N) is 5. The monoisotopic (exact) mass is 436 g/mol. The summed E-state index contributed by atoms with van der Waals surface area (Å²) < 4.78 is 4.35. The first-order valence-corrected chi connectivity index (χ1v) is 9.64. The van der Waals surface area contributed by atoms with Crippen LogP contribution < -0.4 is 5.32 Å². The normalized spacial score (nSPS) is 14.5. The molecule has 0 radical (unpaired) electrons. The lowest BCUT2D eigenvalue weighted by atomic mass is 10.0. The maximum atomic E-state index is 4.84. The van der Waals surface area contributed by atoms with Crippen LogP contribution in [-0.4, -0.2) is 44.9 Å². The third-order valence-electron chi connectivity index (χ3n) is 5.38. The van der Waals surface area contributed by atoms with Crippen LogP contribution in [0.4, 0.5) is 0 Å². The first kappa shape index (κ1) is 23.4. The predicted octanol–water partition coefficient (Wildman–Crippen LogP) is 3.69. The molecule has 0 bridgehead atoms. The Labute approximate surface area is 185 Å². The van der Waals surface area contributed by atoms with Gasteiger partial charge in [0.2, 0.25) is 0 Å². The maximum absolute atomic E-state index is 4.84.